The summed E-state index contributed by atoms with van der Waals surface area (Å²) in [7, 11) is 0. The summed E-state index contributed by atoms with van der Waals surface area (Å²) in [6, 6.07) is 17.2. The Hall–Kier alpha value is -1.84. The molecule has 2 aromatic carbocycles. The van der Waals surface area contributed by atoms with Crippen molar-refractivity contribution in [2.24, 2.45) is 5.92 Å². The summed E-state index contributed by atoms with van der Waals surface area (Å²) in [6.45, 7) is 7.14. The van der Waals surface area contributed by atoms with E-state index in [1.165, 1.54) is 36.0 Å². The monoisotopic (exact) mass is 338 g/mol. The fraction of sp³-hybridized carbons (Fsp3) is 0.455. The third-order valence-electron chi connectivity index (χ3n) is 4.77. The minimum atomic E-state index is 0.624. The molecule has 1 heterocycles. The lowest BCUT2D eigenvalue weighted by molar-refractivity contribution is 0.305. The van der Waals surface area contributed by atoms with Crippen LogP contribution in [-0.4, -0.2) is 19.6 Å². The minimum absolute atomic E-state index is 0.624. The second kappa shape index (κ2) is 9.59. The lowest BCUT2D eigenvalue weighted by atomic mass is 10.0. The van der Waals surface area contributed by atoms with Crippen LogP contribution < -0.4 is 15.4 Å². The summed E-state index contributed by atoms with van der Waals surface area (Å²) in [5.74, 6) is 1.74. The fourth-order valence-electron chi connectivity index (χ4n) is 3.01. The number of hydrogen-bond donors (Lipinski definition) is 2. The van der Waals surface area contributed by atoms with E-state index in [9.17, 15) is 0 Å². The molecule has 0 spiro atoms. The van der Waals surface area contributed by atoms with Crippen LogP contribution in [0.5, 0.6) is 5.75 Å². The van der Waals surface area contributed by atoms with Crippen molar-refractivity contribution >= 4 is 0 Å². The maximum atomic E-state index is 5.98. The molecule has 0 aromatic heterocycles. The molecule has 3 rings (SSSR count). The number of unbranched alkanes of at least 4 members (excludes halogenated alkanes) is 1. The standard InChI is InChI=1S/C22H30N2O/c1-2-3-5-18-8-10-19(11-9-18)17-25-22-7-4-6-20(12-22)13-23-14-21-15-24-16-21/h4,6-12,21,23-24H,2-3,5,13-17H2,1H3. The van der Waals surface area contributed by atoms with Gasteiger partial charge in [0.1, 0.15) is 12.4 Å². The molecular formula is C22H30N2O. The zero-order valence-corrected chi connectivity index (χ0v) is 15.3. The van der Waals surface area contributed by atoms with Gasteiger partial charge in [-0.3, -0.25) is 0 Å². The van der Waals surface area contributed by atoms with Crippen molar-refractivity contribution in [1.82, 2.24) is 10.6 Å². The first kappa shape index (κ1) is 18.0. The number of ether oxygens (including phenoxy) is 1. The Kier molecular flexibility index (Phi) is 6.89. The molecule has 1 fully saturated rings. The second-order valence-electron chi connectivity index (χ2n) is 7.01. The van der Waals surface area contributed by atoms with E-state index in [4.69, 9.17) is 4.74 Å². The van der Waals surface area contributed by atoms with Gasteiger partial charge in [-0.25, -0.2) is 0 Å². The highest BCUT2D eigenvalue weighted by Gasteiger charge is 2.15. The van der Waals surface area contributed by atoms with E-state index in [0.29, 0.717) is 6.61 Å². The van der Waals surface area contributed by atoms with Gasteiger partial charge >= 0.3 is 0 Å². The van der Waals surface area contributed by atoms with E-state index in [-0.39, 0.29) is 0 Å². The lowest BCUT2D eigenvalue weighted by Crippen LogP contribution is -2.47. The average Bonchev–Trinajstić information content (AvgIpc) is 2.61. The Bertz CT molecular complexity index is 635. The van der Waals surface area contributed by atoms with Gasteiger partial charge in [0.05, 0.1) is 0 Å². The Morgan fingerprint density at radius 1 is 1.04 bits per heavy atom. The molecule has 0 saturated carbocycles. The maximum Gasteiger partial charge on any atom is 0.120 e. The van der Waals surface area contributed by atoms with Crippen LogP contribution in [0.1, 0.15) is 36.5 Å². The van der Waals surface area contributed by atoms with Crippen LogP contribution in [0.2, 0.25) is 0 Å². The summed E-state index contributed by atoms with van der Waals surface area (Å²) in [5, 5.41) is 6.84. The number of aryl methyl sites for hydroxylation is 1. The second-order valence-corrected chi connectivity index (χ2v) is 7.01. The third-order valence-corrected chi connectivity index (χ3v) is 4.77. The fourth-order valence-corrected chi connectivity index (χ4v) is 3.01. The zero-order chi connectivity index (χ0) is 17.3. The first-order valence-electron chi connectivity index (χ1n) is 9.54. The molecular weight excluding hydrogens is 308 g/mol. The van der Waals surface area contributed by atoms with Crippen molar-refractivity contribution in [3.63, 3.8) is 0 Å². The quantitative estimate of drug-likeness (QED) is 0.689. The van der Waals surface area contributed by atoms with Gasteiger partial charge in [0, 0.05) is 26.2 Å². The third kappa shape index (κ3) is 5.87. The summed E-state index contributed by atoms with van der Waals surface area (Å²) in [6.07, 6.45) is 3.67. The molecule has 0 radical (unpaired) electrons. The SMILES string of the molecule is CCCCc1ccc(COc2cccc(CNCC3CNC3)c2)cc1. The molecule has 0 atom stereocenters. The van der Waals surface area contributed by atoms with E-state index in [1.54, 1.807) is 0 Å². The van der Waals surface area contributed by atoms with Crippen LogP contribution in [0, 0.1) is 5.92 Å². The summed E-state index contributed by atoms with van der Waals surface area (Å²) >= 11 is 0. The Morgan fingerprint density at radius 3 is 2.56 bits per heavy atom. The molecule has 0 aliphatic carbocycles. The van der Waals surface area contributed by atoms with Crippen LogP contribution in [0.3, 0.4) is 0 Å². The summed E-state index contributed by atoms with van der Waals surface area (Å²) in [4.78, 5) is 0. The van der Waals surface area contributed by atoms with E-state index >= 15 is 0 Å². The van der Waals surface area contributed by atoms with Gasteiger partial charge in [-0.2, -0.15) is 0 Å². The van der Waals surface area contributed by atoms with Crippen LogP contribution in [0.15, 0.2) is 48.5 Å². The van der Waals surface area contributed by atoms with Gasteiger partial charge in [0.25, 0.3) is 0 Å². The molecule has 2 N–H and O–H groups in total. The van der Waals surface area contributed by atoms with Gasteiger partial charge in [-0.15, -0.1) is 0 Å². The normalized spacial score (nSPS) is 14.3. The molecule has 3 nitrogen and oxygen atoms in total. The first-order chi connectivity index (χ1) is 12.3. The summed E-state index contributed by atoms with van der Waals surface area (Å²) < 4.78 is 5.98. The molecule has 1 saturated heterocycles. The molecule has 0 amide bonds. The predicted molar refractivity (Wildman–Crippen MR) is 104 cm³/mol. The first-order valence-corrected chi connectivity index (χ1v) is 9.54. The smallest absolute Gasteiger partial charge is 0.120 e. The van der Waals surface area contributed by atoms with E-state index in [2.05, 4.69) is 60.0 Å². The van der Waals surface area contributed by atoms with Gasteiger partial charge < -0.3 is 15.4 Å². The molecule has 134 valence electrons. The molecule has 3 heteroatoms. The Morgan fingerprint density at radius 2 is 1.84 bits per heavy atom. The molecule has 2 aromatic rings. The number of hydrogen-bond acceptors (Lipinski definition) is 3. The van der Waals surface area contributed by atoms with E-state index in [1.807, 2.05) is 6.07 Å². The predicted octanol–water partition coefficient (Wildman–Crippen LogP) is 3.92. The number of nitrogens with one attached hydrogen (secondary N) is 2. The molecule has 25 heavy (non-hydrogen) atoms. The van der Waals surface area contributed by atoms with E-state index in [0.717, 1.165) is 37.8 Å². The van der Waals surface area contributed by atoms with Crippen molar-refractivity contribution in [3.05, 3.63) is 65.2 Å². The van der Waals surface area contributed by atoms with Crippen molar-refractivity contribution in [2.45, 2.75) is 39.3 Å². The van der Waals surface area contributed by atoms with E-state index < -0.39 is 0 Å². The topological polar surface area (TPSA) is 33.3 Å². The Labute approximate surface area is 151 Å². The summed E-state index contributed by atoms with van der Waals surface area (Å²) in [5.41, 5.74) is 3.92. The van der Waals surface area contributed by atoms with Crippen LogP contribution in [0.25, 0.3) is 0 Å². The highest BCUT2D eigenvalue weighted by molar-refractivity contribution is 5.29. The Balaban J connectivity index is 1.44. The van der Waals surface area contributed by atoms with Crippen molar-refractivity contribution in [1.29, 1.82) is 0 Å². The average molecular weight is 338 g/mol. The van der Waals surface area contributed by atoms with Gasteiger partial charge in [-0.1, -0.05) is 49.7 Å². The van der Waals surface area contributed by atoms with Gasteiger partial charge in [0.2, 0.25) is 0 Å². The highest BCUT2D eigenvalue weighted by Crippen LogP contribution is 2.16. The van der Waals surface area contributed by atoms with Crippen LogP contribution >= 0.6 is 0 Å². The van der Waals surface area contributed by atoms with Crippen molar-refractivity contribution < 1.29 is 4.74 Å². The lowest BCUT2D eigenvalue weighted by Gasteiger charge is -2.27. The zero-order valence-electron chi connectivity index (χ0n) is 15.3. The van der Waals surface area contributed by atoms with Gasteiger partial charge in [-0.05, 0) is 47.6 Å². The van der Waals surface area contributed by atoms with Gasteiger partial charge in [0.15, 0.2) is 0 Å². The number of rotatable bonds is 10. The van der Waals surface area contributed by atoms with Crippen molar-refractivity contribution in [2.75, 3.05) is 19.6 Å². The highest BCUT2D eigenvalue weighted by atomic mass is 16.5. The molecule has 1 aliphatic heterocycles. The maximum absolute atomic E-state index is 5.98. The largest absolute Gasteiger partial charge is 0.489 e. The minimum Gasteiger partial charge on any atom is -0.489 e. The molecule has 0 unspecified atom stereocenters. The van der Waals surface area contributed by atoms with Crippen LogP contribution in [-0.2, 0) is 19.6 Å². The molecule has 0 bridgehead atoms. The number of benzene rings is 2. The van der Waals surface area contributed by atoms with Crippen LogP contribution in [0.4, 0.5) is 0 Å². The van der Waals surface area contributed by atoms with Crippen molar-refractivity contribution in [3.8, 4) is 5.75 Å². The molecule has 1 aliphatic rings.